The topological polar surface area (TPSA) is 67.1 Å². The fourth-order valence-corrected chi connectivity index (χ4v) is 3.02. The molecule has 2 amide bonds. The first-order valence-electron chi connectivity index (χ1n) is 7.04. The van der Waals surface area contributed by atoms with E-state index in [0.29, 0.717) is 18.0 Å². The Balaban J connectivity index is 1.60. The van der Waals surface area contributed by atoms with Gasteiger partial charge in [-0.2, -0.15) is 0 Å². The monoisotopic (exact) mass is 239 g/mol. The third-order valence-corrected chi connectivity index (χ3v) is 4.07. The van der Waals surface area contributed by atoms with Gasteiger partial charge in [0.15, 0.2) is 0 Å². The van der Waals surface area contributed by atoms with Crippen LogP contribution >= 0.6 is 0 Å². The van der Waals surface area contributed by atoms with Gasteiger partial charge in [0.1, 0.15) is 0 Å². The van der Waals surface area contributed by atoms with Gasteiger partial charge in [-0.1, -0.05) is 19.3 Å². The second-order valence-electron chi connectivity index (χ2n) is 5.63. The summed E-state index contributed by atoms with van der Waals surface area (Å²) in [5.41, 5.74) is 5.85. The highest BCUT2D eigenvalue weighted by Crippen LogP contribution is 2.23. The molecule has 0 aromatic carbocycles. The van der Waals surface area contributed by atoms with E-state index >= 15 is 0 Å². The molecule has 17 heavy (non-hydrogen) atoms. The molecular formula is C13H25N3O. The quantitative estimate of drug-likeness (QED) is 0.702. The summed E-state index contributed by atoms with van der Waals surface area (Å²) in [6.07, 6.45) is 9.43. The lowest BCUT2D eigenvalue weighted by molar-refractivity contribution is 0.230. The molecule has 2 unspecified atom stereocenters. The average Bonchev–Trinajstić information content (AvgIpc) is 2.74. The zero-order chi connectivity index (χ0) is 12.1. The third-order valence-electron chi connectivity index (χ3n) is 4.07. The number of carbonyl (C=O) groups excluding carboxylic acids is 1. The molecule has 0 aromatic heterocycles. The smallest absolute Gasteiger partial charge is 0.315 e. The minimum atomic E-state index is 0.0115. The van der Waals surface area contributed by atoms with Crippen molar-refractivity contribution < 1.29 is 4.79 Å². The second-order valence-corrected chi connectivity index (χ2v) is 5.63. The van der Waals surface area contributed by atoms with E-state index in [1.165, 1.54) is 19.3 Å². The molecule has 2 atom stereocenters. The highest BCUT2D eigenvalue weighted by atomic mass is 16.2. The van der Waals surface area contributed by atoms with Gasteiger partial charge < -0.3 is 16.4 Å². The van der Waals surface area contributed by atoms with Crippen LogP contribution in [0, 0.1) is 5.92 Å². The van der Waals surface area contributed by atoms with Crippen LogP contribution in [-0.4, -0.2) is 24.7 Å². The van der Waals surface area contributed by atoms with E-state index in [1.54, 1.807) is 0 Å². The van der Waals surface area contributed by atoms with Crippen molar-refractivity contribution in [1.29, 1.82) is 0 Å². The van der Waals surface area contributed by atoms with Gasteiger partial charge in [-0.15, -0.1) is 0 Å². The molecule has 2 fully saturated rings. The second kappa shape index (κ2) is 6.24. The first-order chi connectivity index (χ1) is 8.24. The summed E-state index contributed by atoms with van der Waals surface area (Å²) in [6, 6.07) is 0.759. The van der Waals surface area contributed by atoms with E-state index in [-0.39, 0.29) is 6.03 Å². The van der Waals surface area contributed by atoms with Crippen LogP contribution in [0.5, 0.6) is 0 Å². The molecular weight excluding hydrogens is 214 g/mol. The molecule has 0 heterocycles. The first kappa shape index (κ1) is 12.7. The van der Waals surface area contributed by atoms with Gasteiger partial charge in [0, 0.05) is 18.6 Å². The molecule has 2 rings (SSSR count). The molecule has 0 aromatic rings. The normalized spacial score (nSPS) is 30.2. The van der Waals surface area contributed by atoms with E-state index in [0.717, 1.165) is 38.6 Å². The number of nitrogens with two attached hydrogens (primary N) is 1. The summed E-state index contributed by atoms with van der Waals surface area (Å²) in [7, 11) is 0. The number of carbonyl (C=O) groups is 1. The van der Waals surface area contributed by atoms with Crippen molar-refractivity contribution >= 4 is 6.03 Å². The average molecular weight is 239 g/mol. The van der Waals surface area contributed by atoms with E-state index in [9.17, 15) is 4.79 Å². The molecule has 4 N–H and O–H groups in total. The molecule has 2 saturated carbocycles. The summed E-state index contributed by atoms with van der Waals surface area (Å²) in [5.74, 6) is 0.585. The SMILES string of the molecule is NC1CCC(CNC(=O)NC2CCCCC2)C1. The molecule has 4 nitrogen and oxygen atoms in total. The van der Waals surface area contributed by atoms with Gasteiger partial charge in [0.2, 0.25) is 0 Å². The van der Waals surface area contributed by atoms with Crippen molar-refractivity contribution in [1.82, 2.24) is 10.6 Å². The fourth-order valence-electron chi connectivity index (χ4n) is 3.02. The molecule has 0 radical (unpaired) electrons. The van der Waals surface area contributed by atoms with E-state index < -0.39 is 0 Å². The predicted molar refractivity (Wildman–Crippen MR) is 68.7 cm³/mol. The number of amides is 2. The summed E-state index contributed by atoms with van der Waals surface area (Å²) in [6.45, 7) is 0.784. The van der Waals surface area contributed by atoms with Crippen LogP contribution in [-0.2, 0) is 0 Å². The minimum absolute atomic E-state index is 0.0115. The van der Waals surface area contributed by atoms with Crippen molar-refractivity contribution in [3.05, 3.63) is 0 Å². The number of hydrogen-bond acceptors (Lipinski definition) is 2. The van der Waals surface area contributed by atoms with Gasteiger partial charge in [-0.05, 0) is 38.0 Å². The Morgan fingerprint density at radius 3 is 2.53 bits per heavy atom. The Morgan fingerprint density at radius 1 is 1.12 bits per heavy atom. The molecule has 2 aliphatic carbocycles. The van der Waals surface area contributed by atoms with Crippen molar-refractivity contribution in [3.63, 3.8) is 0 Å². The molecule has 0 saturated heterocycles. The molecule has 0 spiro atoms. The lowest BCUT2D eigenvalue weighted by Gasteiger charge is -2.23. The zero-order valence-corrected chi connectivity index (χ0v) is 10.6. The third kappa shape index (κ3) is 4.19. The van der Waals surface area contributed by atoms with Gasteiger partial charge in [-0.3, -0.25) is 0 Å². The zero-order valence-electron chi connectivity index (χ0n) is 10.6. The van der Waals surface area contributed by atoms with Crippen LogP contribution in [0.1, 0.15) is 51.4 Å². The lowest BCUT2D eigenvalue weighted by atomic mass is 9.96. The van der Waals surface area contributed by atoms with Crippen LogP contribution in [0.25, 0.3) is 0 Å². The van der Waals surface area contributed by atoms with Crippen LogP contribution in [0.3, 0.4) is 0 Å². The number of hydrogen-bond donors (Lipinski definition) is 3. The van der Waals surface area contributed by atoms with Crippen molar-refractivity contribution in [3.8, 4) is 0 Å². The lowest BCUT2D eigenvalue weighted by Crippen LogP contribution is -2.44. The van der Waals surface area contributed by atoms with Crippen molar-refractivity contribution in [2.24, 2.45) is 11.7 Å². The maximum absolute atomic E-state index is 11.7. The Labute approximate surface area is 104 Å². The highest BCUT2D eigenvalue weighted by Gasteiger charge is 2.22. The van der Waals surface area contributed by atoms with Crippen molar-refractivity contribution in [2.75, 3.05) is 6.54 Å². The summed E-state index contributed by atoms with van der Waals surface area (Å²) in [5, 5.41) is 6.06. The van der Waals surface area contributed by atoms with E-state index in [4.69, 9.17) is 5.73 Å². The van der Waals surface area contributed by atoms with Crippen LogP contribution in [0.4, 0.5) is 4.79 Å². The molecule has 0 bridgehead atoms. The first-order valence-corrected chi connectivity index (χ1v) is 7.04. The molecule has 0 aliphatic heterocycles. The fraction of sp³-hybridized carbons (Fsp3) is 0.923. The minimum Gasteiger partial charge on any atom is -0.338 e. The number of nitrogens with one attached hydrogen (secondary N) is 2. The summed E-state index contributed by atoms with van der Waals surface area (Å²) in [4.78, 5) is 11.7. The Kier molecular flexibility index (Phi) is 4.66. The maximum Gasteiger partial charge on any atom is 0.315 e. The Morgan fingerprint density at radius 2 is 1.88 bits per heavy atom. The standard InChI is InChI=1S/C13H25N3O/c14-11-7-6-10(8-11)9-15-13(17)16-12-4-2-1-3-5-12/h10-12H,1-9,14H2,(H2,15,16,17). The molecule has 2 aliphatic rings. The van der Waals surface area contributed by atoms with E-state index in [1.807, 2.05) is 0 Å². The Hall–Kier alpha value is -0.770. The predicted octanol–water partition coefficient (Wildman–Crippen LogP) is 1.75. The van der Waals surface area contributed by atoms with Crippen molar-refractivity contribution in [2.45, 2.75) is 63.5 Å². The molecule has 98 valence electrons. The molecule has 4 heteroatoms. The van der Waals surface area contributed by atoms with Crippen LogP contribution < -0.4 is 16.4 Å². The van der Waals surface area contributed by atoms with Crippen LogP contribution in [0.15, 0.2) is 0 Å². The Bertz CT molecular complexity index is 251. The van der Waals surface area contributed by atoms with Gasteiger partial charge in [0.25, 0.3) is 0 Å². The summed E-state index contributed by atoms with van der Waals surface area (Å²) >= 11 is 0. The van der Waals surface area contributed by atoms with Gasteiger partial charge in [-0.25, -0.2) is 4.79 Å². The van der Waals surface area contributed by atoms with Gasteiger partial charge in [0.05, 0.1) is 0 Å². The number of rotatable bonds is 3. The maximum atomic E-state index is 11.7. The largest absolute Gasteiger partial charge is 0.338 e. The van der Waals surface area contributed by atoms with Gasteiger partial charge >= 0.3 is 6.03 Å². The van der Waals surface area contributed by atoms with E-state index in [2.05, 4.69) is 10.6 Å². The summed E-state index contributed by atoms with van der Waals surface area (Å²) < 4.78 is 0. The number of urea groups is 1. The highest BCUT2D eigenvalue weighted by molar-refractivity contribution is 5.74. The van der Waals surface area contributed by atoms with Crippen LogP contribution in [0.2, 0.25) is 0 Å².